The van der Waals surface area contributed by atoms with Gasteiger partial charge in [0.2, 0.25) is 0 Å². The third-order valence-corrected chi connectivity index (χ3v) is 3.90. The van der Waals surface area contributed by atoms with E-state index in [1.807, 2.05) is 0 Å². The summed E-state index contributed by atoms with van der Waals surface area (Å²) in [5.74, 6) is 6.37. The van der Waals surface area contributed by atoms with Crippen LogP contribution >= 0.6 is 0 Å². The molecule has 2 rings (SSSR count). The molecule has 112 valence electrons. The van der Waals surface area contributed by atoms with Crippen LogP contribution in [0.2, 0.25) is 0 Å². The number of nitrogens with zero attached hydrogens (tertiary/aromatic N) is 1. The molecular formula is C17H23N3O. The van der Waals surface area contributed by atoms with Crippen LogP contribution in [0.3, 0.4) is 0 Å². The van der Waals surface area contributed by atoms with Crippen molar-refractivity contribution in [2.75, 3.05) is 13.1 Å². The van der Waals surface area contributed by atoms with E-state index in [4.69, 9.17) is 5.73 Å². The van der Waals surface area contributed by atoms with Gasteiger partial charge >= 0.3 is 0 Å². The molecule has 1 aliphatic rings. The fraction of sp³-hybridized carbons (Fsp3) is 0.529. The molecule has 1 aromatic heterocycles. The first-order chi connectivity index (χ1) is 10.3. The topological polar surface area (TPSA) is 68.0 Å². The van der Waals surface area contributed by atoms with Gasteiger partial charge in [0.05, 0.1) is 12.1 Å². The van der Waals surface area contributed by atoms with Gasteiger partial charge in [0.1, 0.15) is 5.69 Å². The average molecular weight is 285 g/mol. The third-order valence-electron chi connectivity index (χ3n) is 3.90. The van der Waals surface area contributed by atoms with E-state index < -0.39 is 0 Å². The molecule has 0 aromatic carbocycles. The predicted octanol–water partition coefficient (Wildman–Crippen LogP) is 2.09. The molecule has 0 radical (unpaired) electrons. The minimum absolute atomic E-state index is 0.150. The second-order valence-corrected chi connectivity index (χ2v) is 5.45. The van der Waals surface area contributed by atoms with Gasteiger partial charge in [0.25, 0.3) is 5.91 Å². The maximum Gasteiger partial charge on any atom is 0.271 e. The van der Waals surface area contributed by atoms with Crippen molar-refractivity contribution in [3.63, 3.8) is 0 Å². The summed E-state index contributed by atoms with van der Waals surface area (Å²) in [5.41, 5.74) is 6.39. The fourth-order valence-corrected chi connectivity index (χ4v) is 2.81. The maximum atomic E-state index is 12.2. The van der Waals surface area contributed by atoms with Crippen LogP contribution in [-0.4, -0.2) is 24.0 Å². The SMILES string of the molecule is NCC#Cc1cccnc1C(=O)NCCCC1CCCC1. The Balaban J connectivity index is 1.82. The van der Waals surface area contributed by atoms with E-state index >= 15 is 0 Å². The molecule has 3 N–H and O–H groups in total. The zero-order chi connectivity index (χ0) is 14.9. The molecule has 1 aliphatic carbocycles. The summed E-state index contributed by atoms with van der Waals surface area (Å²) in [6, 6.07) is 3.57. The molecule has 0 bridgehead atoms. The number of amides is 1. The largest absolute Gasteiger partial charge is 0.351 e. The van der Waals surface area contributed by atoms with E-state index in [-0.39, 0.29) is 12.5 Å². The monoisotopic (exact) mass is 285 g/mol. The highest BCUT2D eigenvalue weighted by molar-refractivity contribution is 5.94. The number of nitrogens with two attached hydrogens (primary N) is 1. The first-order valence-electron chi connectivity index (χ1n) is 7.73. The highest BCUT2D eigenvalue weighted by atomic mass is 16.1. The molecule has 0 aliphatic heterocycles. The van der Waals surface area contributed by atoms with Crippen molar-refractivity contribution in [2.45, 2.75) is 38.5 Å². The Morgan fingerprint density at radius 3 is 3.00 bits per heavy atom. The molecule has 0 atom stereocenters. The van der Waals surface area contributed by atoms with Gasteiger partial charge in [-0.05, 0) is 30.9 Å². The molecule has 0 unspecified atom stereocenters. The van der Waals surface area contributed by atoms with Gasteiger partial charge in [-0.1, -0.05) is 37.5 Å². The Labute approximate surface area is 126 Å². The molecule has 1 amide bonds. The van der Waals surface area contributed by atoms with Crippen molar-refractivity contribution in [3.8, 4) is 11.8 Å². The van der Waals surface area contributed by atoms with E-state index in [0.29, 0.717) is 17.8 Å². The molecule has 1 heterocycles. The summed E-state index contributed by atoms with van der Waals surface area (Å²) in [6.07, 6.45) is 9.30. The summed E-state index contributed by atoms with van der Waals surface area (Å²) in [4.78, 5) is 16.3. The molecule has 1 fully saturated rings. The molecular weight excluding hydrogens is 262 g/mol. The van der Waals surface area contributed by atoms with Crippen LogP contribution in [0.5, 0.6) is 0 Å². The van der Waals surface area contributed by atoms with E-state index in [9.17, 15) is 4.79 Å². The fourth-order valence-electron chi connectivity index (χ4n) is 2.81. The van der Waals surface area contributed by atoms with Gasteiger partial charge in [-0.2, -0.15) is 0 Å². The van der Waals surface area contributed by atoms with Crippen LogP contribution in [0.4, 0.5) is 0 Å². The van der Waals surface area contributed by atoms with E-state index in [1.54, 1.807) is 18.3 Å². The Morgan fingerprint density at radius 1 is 1.43 bits per heavy atom. The average Bonchev–Trinajstić information content (AvgIpc) is 3.03. The van der Waals surface area contributed by atoms with Gasteiger partial charge in [-0.25, -0.2) is 4.98 Å². The minimum Gasteiger partial charge on any atom is -0.351 e. The second kappa shape index (κ2) is 8.43. The van der Waals surface area contributed by atoms with Crippen molar-refractivity contribution in [1.29, 1.82) is 0 Å². The minimum atomic E-state index is -0.150. The molecule has 1 saturated carbocycles. The maximum absolute atomic E-state index is 12.2. The number of carbonyl (C=O) groups excluding carboxylic acids is 1. The molecule has 0 spiro atoms. The highest BCUT2D eigenvalue weighted by Gasteiger charge is 2.15. The number of carbonyl (C=O) groups is 1. The van der Waals surface area contributed by atoms with Crippen molar-refractivity contribution in [1.82, 2.24) is 10.3 Å². The standard InChI is InChI=1S/C17H23N3O/c18-11-3-9-15-10-5-12-19-16(15)17(21)20-13-4-8-14-6-1-2-7-14/h5,10,12,14H,1-2,4,6-8,11,13,18H2,(H,20,21). The number of hydrogen-bond acceptors (Lipinski definition) is 3. The van der Waals surface area contributed by atoms with Crippen molar-refractivity contribution >= 4 is 5.91 Å². The number of pyridine rings is 1. The zero-order valence-corrected chi connectivity index (χ0v) is 12.4. The Kier molecular flexibility index (Phi) is 6.23. The lowest BCUT2D eigenvalue weighted by Gasteiger charge is -2.09. The summed E-state index contributed by atoms with van der Waals surface area (Å²) in [5, 5.41) is 2.94. The summed E-state index contributed by atoms with van der Waals surface area (Å²) in [7, 11) is 0. The van der Waals surface area contributed by atoms with Crippen LogP contribution in [0.25, 0.3) is 0 Å². The normalized spacial score (nSPS) is 14.5. The molecule has 21 heavy (non-hydrogen) atoms. The lowest BCUT2D eigenvalue weighted by molar-refractivity contribution is 0.0947. The van der Waals surface area contributed by atoms with Crippen LogP contribution in [-0.2, 0) is 0 Å². The van der Waals surface area contributed by atoms with Crippen molar-refractivity contribution in [2.24, 2.45) is 11.7 Å². The lowest BCUT2D eigenvalue weighted by Crippen LogP contribution is -2.26. The van der Waals surface area contributed by atoms with E-state index in [2.05, 4.69) is 22.1 Å². The Morgan fingerprint density at radius 2 is 2.24 bits per heavy atom. The smallest absolute Gasteiger partial charge is 0.271 e. The van der Waals surface area contributed by atoms with Gasteiger partial charge < -0.3 is 11.1 Å². The Hall–Kier alpha value is -1.86. The third kappa shape index (κ3) is 4.87. The van der Waals surface area contributed by atoms with Gasteiger partial charge in [0, 0.05) is 12.7 Å². The first kappa shape index (κ1) is 15.5. The van der Waals surface area contributed by atoms with E-state index in [0.717, 1.165) is 12.3 Å². The zero-order valence-electron chi connectivity index (χ0n) is 12.4. The number of aromatic nitrogens is 1. The number of nitrogens with one attached hydrogen (secondary N) is 1. The second-order valence-electron chi connectivity index (χ2n) is 5.45. The summed E-state index contributed by atoms with van der Waals surface area (Å²) >= 11 is 0. The van der Waals surface area contributed by atoms with Crippen LogP contribution in [0.15, 0.2) is 18.3 Å². The number of rotatable bonds is 5. The molecule has 1 aromatic rings. The summed E-state index contributed by atoms with van der Waals surface area (Å²) in [6.45, 7) is 0.979. The summed E-state index contributed by atoms with van der Waals surface area (Å²) < 4.78 is 0. The quantitative estimate of drug-likeness (QED) is 0.643. The Bertz CT molecular complexity index is 524. The lowest BCUT2D eigenvalue weighted by atomic mass is 10.0. The molecule has 4 nitrogen and oxygen atoms in total. The van der Waals surface area contributed by atoms with Crippen LogP contribution in [0, 0.1) is 17.8 Å². The van der Waals surface area contributed by atoms with Crippen molar-refractivity contribution < 1.29 is 4.79 Å². The van der Waals surface area contributed by atoms with Crippen molar-refractivity contribution in [3.05, 3.63) is 29.6 Å². The van der Waals surface area contributed by atoms with Gasteiger partial charge in [-0.15, -0.1) is 0 Å². The van der Waals surface area contributed by atoms with Gasteiger partial charge in [0.15, 0.2) is 0 Å². The molecule has 0 saturated heterocycles. The number of hydrogen-bond donors (Lipinski definition) is 2. The molecule has 4 heteroatoms. The highest BCUT2D eigenvalue weighted by Crippen LogP contribution is 2.28. The van der Waals surface area contributed by atoms with Crippen LogP contribution in [0.1, 0.15) is 54.6 Å². The van der Waals surface area contributed by atoms with Gasteiger partial charge in [-0.3, -0.25) is 4.79 Å². The predicted molar refractivity (Wildman–Crippen MR) is 83.7 cm³/mol. The van der Waals surface area contributed by atoms with Crippen LogP contribution < -0.4 is 11.1 Å². The van der Waals surface area contributed by atoms with E-state index in [1.165, 1.54) is 32.1 Å². The first-order valence-corrected chi connectivity index (χ1v) is 7.73.